The zero-order valence-corrected chi connectivity index (χ0v) is 16.6. The van der Waals surface area contributed by atoms with Gasteiger partial charge in [0.05, 0.1) is 0 Å². The molecule has 0 aliphatic carbocycles. The molecule has 0 saturated heterocycles. The average Bonchev–Trinajstić information content (AvgIpc) is 2.42. The van der Waals surface area contributed by atoms with Crippen molar-refractivity contribution < 1.29 is 17.6 Å². The van der Waals surface area contributed by atoms with Gasteiger partial charge in [0.1, 0.15) is 5.69 Å². The maximum Gasteiger partial charge on any atom is 0.185 e. The molecule has 0 radical (unpaired) electrons. The Kier molecular flexibility index (Phi) is 6.57. The average molecular weight is 361 g/mol. The molecule has 25 heavy (non-hydrogen) atoms. The molecule has 0 bridgehead atoms. The molecule has 0 amide bonds. The predicted octanol–water partition coefficient (Wildman–Crippen LogP) is 6.80. The maximum atomic E-state index is 14.6. The Morgan fingerprint density at radius 2 is 1.28 bits per heavy atom. The van der Waals surface area contributed by atoms with Gasteiger partial charge in [0.15, 0.2) is 23.3 Å². The van der Waals surface area contributed by atoms with Gasteiger partial charge in [-0.2, -0.15) is 0 Å². The molecule has 1 rings (SSSR count). The van der Waals surface area contributed by atoms with E-state index < -0.39 is 39.9 Å². The summed E-state index contributed by atoms with van der Waals surface area (Å²) < 4.78 is 58.1. The normalized spacial score (nSPS) is 15.2. The summed E-state index contributed by atoms with van der Waals surface area (Å²) in [6.45, 7) is 14.3. The molecule has 1 aromatic carbocycles. The molecule has 0 fully saturated rings. The minimum Gasteiger partial charge on any atom is -0.377 e. The van der Waals surface area contributed by atoms with Crippen molar-refractivity contribution in [2.75, 3.05) is 5.32 Å². The molecule has 2 atom stereocenters. The van der Waals surface area contributed by atoms with Crippen LogP contribution < -0.4 is 5.32 Å². The van der Waals surface area contributed by atoms with Gasteiger partial charge in [0, 0.05) is 11.6 Å². The van der Waals surface area contributed by atoms with E-state index in [0.29, 0.717) is 0 Å². The van der Waals surface area contributed by atoms with E-state index >= 15 is 0 Å². The molecule has 0 saturated carbocycles. The number of hydrogen-bond donors (Lipinski definition) is 1. The SMILES string of the molecule is CCCC(C)C(Nc1c(F)c(F)c(C(C)(C)C)c(F)c1F)C(C)(C)C. The zero-order valence-electron chi connectivity index (χ0n) is 16.6. The molecule has 144 valence electrons. The van der Waals surface area contributed by atoms with Crippen LogP contribution >= 0.6 is 0 Å². The van der Waals surface area contributed by atoms with Crippen LogP contribution in [0.15, 0.2) is 0 Å². The highest BCUT2D eigenvalue weighted by atomic mass is 19.2. The number of anilines is 1. The Hall–Kier alpha value is -1.26. The van der Waals surface area contributed by atoms with Crippen molar-refractivity contribution in [3.05, 3.63) is 28.8 Å². The summed E-state index contributed by atoms with van der Waals surface area (Å²) >= 11 is 0. The molecule has 1 nitrogen and oxygen atoms in total. The van der Waals surface area contributed by atoms with Gasteiger partial charge in [-0.3, -0.25) is 0 Å². The van der Waals surface area contributed by atoms with Gasteiger partial charge >= 0.3 is 0 Å². The highest BCUT2D eigenvalue weighted by Crippen LogP contribution is 2.38. The smallest absolute Gasteiger partial charge is 0.185 e. The summed E-state index contributed by atoms with van der Waals surface area (Å²) in [5, 5.41) is 2.77. The van der Waals surface area contributed by atoms with E-state index in [1.165, 1.54) is 20.8 Å². The minimum absolute atomic E-state index is 0.0808. The van der Waals surface area contributed by atoms with Crippen molar-refractivity contribution in [1.82, 2.24) is 0 Å². The van der Waals surface area contributed by atoms with Crippen LogP contribution in [0, 0.1) is 34.6 Å². The highest BCUT2D eigenvalue weighted by Gasteiger charge is 2.35. The van der Waals surface area contributed by atoms with Gasteiger partial charge in [-0.15, -0.1) is 0 Å². The van der Waals surface area contributed by atoms with Crippen molar-refractivity contribution in [2.24, 2.45) is 11.3 Å². The Balaban J connectivity index is 3.48. The fourth-order valence-electron chi connectivity index (χ4n) is 3.41. The third kappa shape index (κ3) is 4.68. The number of rotatable bonds is 5. The van der Waals surface area contributed by atoms with Gasteiger partial charge in [0.25, 0.3) is 0 Å². The van der Waals surface area contributed by atoms with Gasteiger partial charge in [-0.05, 0) is 23.2 Å². The topological polar surface area (TPSA) is 12.0 Å². The van der Waals surface area contributed by atoms with Crippen LogP contribution in [-0.4, -0.2) is 6.04 Å². The summed E-state index contributed by atoms with van der Waals surface area (Å²) in [5.74, 6) is -5.30. The third-order valence-corrected chi connectivity index (χ3v) is 4.56. The van der Waals surface area contributed by atoms with Crippen LogP contribution in [0.4, 0.5) is 23.2 Å². The molecular weight excluding hydrogens is 330 g/mol. The first-order chi connectivity index (χ1) is 11.2. The Bertz CT molecular complexity index is 583. The Morgan fingerprint density at radius 3 is 1.60 bits per heavy atom. The lowest BCUT2D eigenvalue weighted by Gasteiger charge is -2.37. The van der Waals surface area contributed by atoms with E-state index in [2.05, 4.69) is 5.32 Å². The molecule has 0 aliphatic rings. The molecule has 5 heteroatoms. The number of nitrogens with one attached hydrogen (secondary N) is 1. The van der Waals surface area contributed by atoms with E-state index in [1.807, 2.05) is 34.6 Å². The van der Waals surface area contributed by atoms with Crippen molar-refractivity contribution >= 4 is 5.69 Å². The molecule has 2 unspecified atom stereocenters. The van der Waals surface area contributed by atoms with Crippen molar-refractivity contribution in [3.63, 3.8) is 0 Å². The van der Waals surface area contributed by atoms with Gasteiger partial charge in [-0.25, -0.2) is 17.6 Å². The van der Waals surface area contributed by atoms with E-state index in [0.717, 1.165) is 12.8 Å². The zero-order chi connectivity index (χ0) is 19.7. The quantitative estimate of drug-likeness (QED) is 0.449. The van der Waals surface area contributed by atoms with Crippen LogP contribution in [0.3, 0.4) is 0 Å². The van der Waals surface area contributed by atoms with Crippen molar-refractivity contribution in [3.8, 4) is 0 Å². The fourth-order valence-corrected chi connectivity index (χ4v) is 3.41. The first-order valence-corrected chi connectivity index (χ1v) is 8.86. The van der Waals surface area contributed by atoms with Crippen LogP contribution in [0.2, 0.25) is 0 Å². The van der Waals surface area contributed by atoms with E-state index in [9.17, 15) is 17.6 Å². The molecule has 1 N–H and O–H groups in total. The van der Waals surface area contributed by atoms with Gasteiger partial charge in [-0.1, -0.05) is 61.8 Å². The lowest BCUT2D eigenvalue weighted by molar-refractivity contribution is 0.256. The number of halogens is 4. The van der Waals surface area contributed by atoms with Gasteiger partial charge < -0.3 is 5.32 Å². The summed E-state index contributed by atoms with van der Waals surface area (Å²) in [4.78, 5) is 0. The first kappa shape index (κ1) is 21.8. The molecular formula is C20H31F4N. The molecule has 0 spiro atoms. The lowest BCUT2D eigenvalue weighted by Crippen LogP contribution is -2.40. The summed E-state index contributed by atoms with van der Waals surface area (Å²) in [6.07, 6.45) is 1.75. The van der Waals surface area contributed by atoms with E-state index in [4.69, 9.17) is 0 Å². The molecule has 0 aromatic heterocycles. The largest absolute Gasteiger partial charge is 0.377 e. The van der Waals surface area contributed by atoms with Crippen LogP contribution in [0.5, 0.6) is 0 Å². The lowest BCUT2D eigenvalue weighted by atomic mass is 9.77. The first-order valence-electron chi connectivity index (χ1n) is 8.86. The minimum atomic E-state index is -1.36. The molecule has 1 aromatic rings. The Morgan fingerprint density at radius 1 is 0.840 bits per heavy atom. The second kappa shape index (κ2) is 7.55. The molecule has 0 aliphatic heterocycles. The number of hydrogen-bond acceptors (Lipinski definition) is 1. The second-order valence-electron chi connectivity index (χ2n) is 9.01. The number of benzene rings is 1. The van der Waals surface area contributed by atoms with Crippen LogP contribution in [0.1, 0.15) is 73.8 Å². The highest BCUT2D eigenvalue weighted by molar-refractivity contribution is 5.52. The fraction of sp³-hybridized carbons (Fsp3) is 0.700. The molecule has 0 heterocycles. The van der Waals surface area contributed by atoms with Crippen molar-refractivity contribution in [1.29, 1.82) is 0 Å². The summed E-state index contributed by atoms with van der Waals surface area (Å²) in [7, 11) is 0. The maximum absolute atomic E-state index is 14.6. The Labute approximate surface area is 149 Å². The standard InChI is InChI=1S/C20H31F4N/c1-9-10-11(2)18(20(6,7)8)25-17-15(23)13(21)12(19(3,4)5)14(22)16(17)24/h11,18,25H,9-10H2,1-8H3. The summed E-state index contributed by atoms with van der Waals surface area (Å²) in [6, 6.07) is -0.337. The second-order valence-corrected chi connectivity index (χ2v) is 9.01. The van der Waals surface area contributed by atoms with Crippen LogP contribution in [0.25, 0.3) is 0 Å². The predicted molar refractivity (Wildman–Crippen MR) is 95.9 cm³/mol. The van der Waals surface area contributed by atoms with E-state index in [1.54, 1.807) is 0 Å². The van der Waals surface area contributed by atoms with Crippen LogP contribution in [-0.2, 0) is 5.41 Å². The van der Waals surface area contributed by atoms with Crippen molar-refractivity contribution in [2.45, 2.75) is 79.7 Å². The van der Waals surface area contributed by atoms with E-state index in [-0.39, 0.29) is 17.4 Å². The summed E-state index contributed by atoms with van der Waals surface area (Å²) in [5.41, 5.74) is -2.68. The third-order valence-electron chi connectivity index (χ3n) is 4.56. The monoisotopic (exact) mass is 361 g/mol. The van der Waals surface area contributed by atoms with Gasteiger partial charge in [0.2, 0.25) is 0 Å².